The van der Waals surface area contributed by atoms with Gasteiger partial charge in [-0.15, -0.1) is 0 Å². The van der Waals surface area contributed by atoms with Gasteiger partial charge in [0.1, 0.15) is 6.10 Å². The molecule has 5 atom stereocenters. The van der Waals surface area contributed by atoms with Gasteiger partial charge in [-0.2, -0.15) is 0 Å². The van der Waals surface area contributed by atoms with Crippen molar-refractivity contribution in [1.82, 2.24) is 0 Å². The maximum atomic E-state index is 15.9. The van der Waals surface area contributed by atoms with Crippen molar-refractivity contribution in [3.63, 3.8) is 0 Å². The molecule has 0 radical (unpaired) electrons. The van der Waals surface area contributed by atoms with E-state index in [-0.39, 0.29) is 28.3 Å². The number of esters is 3. The average molecular weight is 609 g/mol. The first kappa shape index (κ1) is 32.1. The third-order valence-corrected chi connectivity index (χ3v) is 12.3. The van der Waals surface area contributed by atoms with E-state index in [4.69, 9.17) is 23.4 Å². The van der Waals surface area contributed by atoms with E-state index in [1.807, 2.05) is 13.1 Å². The normalized spacial score (nSPS) is 22.3. The van der Waals surface area contributed by atoms with Gasteiger partial charge in [-0.05, 0) is 54.5 Å². The van der Waals surface area contributed by atoms with E-state index >= 15 is 4.39 Å². The molecule has 3 aromatic carbocycles. The van der Waals surface area contributed by atoms with Crippen LogP contribution in [-0.2, 0) is 23.4 Å². The molecular formula is C33H37FO8Si. The number of rotatable bonds is 9. The molecule has 0 bridgehead atoms. The molecule has 1 saturated heterocycles. The maximum Gasteiger partial charge on any atom is 0.338 e. The number of hydrogen-bond donors (Lipinski definition) is 0. The number of alkyl halides is 1. The summed E-state index contributed by atoms with van der Waals surface area (Å²) in [7, 11) is -2.37. The zero-order valence-electron chi connectivity index (χ0n) is 24.9. The second-order valence-electron chi connectivity index (χ2n) is 11.8. The van der Waals surface area contributed by atoms with Crippen LogP contribution in [0.25, 0.3) is 0 Å². The van der Waals surface area contributed by atoms with E-state index in [1.54, 1.807) is 66.7 Å². The van der Waals surface area contributed by atoms with Crippen molar-refractivity contribution in [2.24, 2.45) is 0 Å². The lowest BCUT2D eigenvalue weighted by atomic mass is 9.98. The monoisotopic (exact) mass is 608 g/mol. The minimum atomic E-state index is -2.37. The Hall–Kier alpha value is -3.86. The maximum absolute atomic E-state index is 15.9. The topological polar surface area (TPSA) is 97.4 Å². The Morgan fingerprint density at radius 3 is 1.44 bits per heavy atom. The van der Waals surface area contributed by atoms with Gasteiger partial charge in [0, 0.05) is 0 Å². The van der Waals surface area contributed by atoms with Crippen LogP contribution in [-0.4, -0.2) is 63.6 Å². The third kappa shape index (κ3) is 7.95. The Morgan fingerprint density at radius 1 is 0.674 bits per heavy atom. The van der Waals surface area contributed by atoms with E-state index < -0.39 is 57.0 Å². The molecule has 1 aliphatic rings. The summed E-state index contributed by atoms with van der Waals surface area (Å²) in [5.74, 6) is -2.43. The molecule has 4 rings (SSSR count). The summed E-state index contributed by atoms with van der Waals surface area (Å²) in [4.78, 5) is 39.6. The summed E-state index contributed by atoms with van der Waals surface area (Å²) in [6, 6.07) is 24.3. The highest BCUT2D eigenvalue weighted by molar-refractivity contribution is 6.74. The van der Waals surface area contributed by atoms with E-state index in [2.05, 4.69) is 20.8 Å². The fourth-order valence-corrected chi connectivity index (χ4v) is 5.22. The van der Waals surface area contributed by atoms with Crippen molar-refractivity contribution in [3.05, 3.63) is 108 Å². The number of benzene rings is 3. The Balaban J connectivity index is 1.71. The second-order valence-corrected chi connectivity index (χ2v) is 16.6. The molecule has 8 nitrogen and oxygen atoms in total. The van der Waals surface area contributed by atoms with Crippen LogP contribution in [0.2, 0.25) is 18.1 Å². The van der Waals surface area contributed by atoms with Crippen molar-refractivity contribution in [2.75, 3.05) is 6.61 Å². The Morgan fingerprint density at radius 2 is 1.05 bits per heavy atom. The zero-order chi connectivity index (χ0) is 31.2. The highest BCUT2D eigenvalue weighted by Gasteiger charge is 2.53. The number of halogens is 1. The van der Waals surface area contributed by atoms with Crippen molar-refractivity contribution in [2.45, 2.75) is 69.7 Å². The molecule has 228 valence electrons. The molecule has 1 heterocycles. The van der Waals surface area contributed by atoms with Gasteiger partial charge in [-0.1, -0.05) is 75.4 Å². The number of hydrogen-bond acceptors (Lipinski definition) is 8. The summed E-state index contributed by atoms with van der Waals surface area (Å²) < 4.78 is 45.2. The molecule has 0 aromatic heterocycles. The molecule has 1 aliphatic heterocycles. The lowest BCUT2D eigenvalue weighted by Gasteiger charge is -2.44. The van der Waals surface area contributed by atoms with Crippen LogP contribution in [0, 0.1) is 0 Å². The minimum Gasteiger partial charge on any atom is -0.452 e. The fraction of sp³-hybridized carbons (Fsp3) is 0.364. The average Bonchev–Trinajstić information content (AvgIpc) is 2.99. The van der Waals surface area contributed by atoms with E-state index in [0.29, 0.717) is 0 Å². The van der Waals surface area contributed by atoms with E-state index in [0.717, 1.165) is 0 Å². The van der Waals surface area contributed by atoms with Gasteiger partial charge >= 0.3 is 17.9 Å². The van der Waals surface area contributed by atoms with Gasteiger partial charge in [0.25, 0.3) is 0 Å². The van der Waals surface area contributed by atoms with Gasteiger partial charge < -0.3 is 23.4 Å². The molecule has 0 aliphatic carbocycles. The predicted octanol–water partition coefficient (Wildman–Crippen LogP) is 6.38. The van der Waals surface area contributed by atoms with Crippen LogP contribution < -0.4 is 0 Å². The molecule has 10 heteroatoms. The van der Waals surface area contributed by atoms with Gasteiger partial charge in [-0.3, -0.25) is 0 Å². The molecule has 0 unspecified atom stereocenters. The van der Waals surface area contributed by atoms with Crippen LogP contribution in [0.3, 0.4) is 0 Å². The van der Waals surface area contributed by atoms with Gasteiger partial charge in [0.05, 0.1) is 23.3 Å². The van der Waals surface area contributed by atoms with Crippen LogP contribution >= 0.6 is 0 Å². The van der Waals surface area contributed by atoms with Crippen molar-refractivity contribution in [1.29, 1.82) is 0 Å². The van der Waals surface area contributed by atoms with E-state index in [9.17, 15) is 14.4 Å². The lowest BCUT2D eigenvalue weighted by molar-refractivity contribution is -0.260. The summed E-state index contributed by atoms with van der Waals surface area (Å²) in [5.41, 5.74) is 0.559. The van der Waals surface area contributed by atoms with Crippen molar-refractivity contribution in [3.8, 4) is 0 Å². The predicted molar refractivity (Wildman–Crippen MR) is 160 cm³/mol. The molecular weight excluding hydrogens is 571 g/mol. The van der Waals surface area contributed by atoms with Crippen LogP contribution in [0.15, 0.2) is 91.0 Å². The molecule has 0 spiro atoms. The largest absolute Gasteiger partial charge is 0.452 e. The van der Waals surface area contributed by atoms with Gasteiger partial charge in [-0.25, -0.2) is 18.8 Å². The Kier molecular flexibility index (Phi) is 10.2. The number of carbonyl (C=O) groups excluding carboxylic acids is 3. The Bertz CT molecular complexity index is 1380. The third-order valence-electron chi connectivity index (χ3n) is 7.75. The summed E-state index contributed by atoms with van der Waals surface area (Å²) in [6.07, 6.45) is -8.11. The Labute approximate surface area is 252 Å². The van der Waals surface area contributed by atoms with Gasteiger partial charge in [0.2, 0.25) is 6.36 Å². The number of ether oxygens (including phenoxy) is 4. The van der Waals surface area contributed by atoms with Crippen molar-refractivity contribution < 1.29 is 42.1 Å². The molecule has 1 fully saturated rings. The molecule has 43 heavy (non-hydrogen) atoms. The van der Waals surface area contributed by atoms with Crippen molar-refractivity contribution >= 4 is 26.2 Å². The van der Waals surface area contributed by atoms with Crippen LogP contribution in [0.4, 0.5) is 4.39 Å². The standard InChI is InChI=1S/C33H37FO8Si/c1-33(2,3)43(4,5)38-21-25-26(40-30(35)22-15-9-6-10-16-22)27(41-31(36)23-17-11-7-12-18-23)28(29(34)39-25)42-32(37)24-19-13-8-14-20-24/h6-20,25-29H,21H2,1-5H3/t25-,26+,27+,28-,29-/m1/s1. The smallest absolute Gasteiger partial charge is 0.338 e. The first-order valence-corrected chi connectivity index (χ1v) is 17.0. The fourth-order valence-electron chi connectivity index (χ4n) is 4.21. The first-order chi connectivity index (χ1) is 20.4. The molecule has 0 amide bonds. The van der Waals surface area contributed by atoms with E-state index in [1.165, 1.54) is 24.3 Å². The first-order valence-electron chi connectivity index (χ1n) is 14.1. The lowest BCUT2D eigenvalue weighted by Crippen LogP contribution is -2.62. The zero-order valence-corrected chi connectivity index (χ0v) is 25.9. The summed E-state index contributed by atoms with van der Waals surface area (Å²) in [6.45, 7) is 10.0. The quantitative estimate of drug-likeness (QED) is 0.157. The SMILES string of the molecule is CC(C)(C)[Si](C)(C)OC[C@H]1O[C@@H](F)[C@H](OC(=O)c2ccccc2)[C@@H](OC(=O)c2ccccc2)[C@H]1OC(=O)c1ccccc1. The van der Waals surface area contributed by atoms with Gasteiger partial charge in [0.15, 0.2) is 26.6 Å². The minimum absolute atomic E-state index is 0.150. The van der Waals surface area contributed by atoms with Crippen LogP contribution in [0.5, 0.6) is 0 Å². The summed E-state index contributed by atoms with van der Waals surface area (Å²) in [5, 5.41) is -0.181. The molecule has 3 aromatic rings. The number of carbonyl (C=O) groups is 3. The highest BCUT2D eigenvalue weighted by Crippen LogP contribution is 2.38. The molecule has 0 saturated carbocycles. The van der Waals surface area contributed by atoms with Crippen LogP contribution in [0.1, 0.15) is 51.8 Å². The summed E-state index contributed by atoms with van der Waals surface area (Å²) >= 11 is 0. The highest BCUT2D eigenvalue weighted by atomic mass is 28.4. The second kappa shape index (κ2) is 13.6. The molecule has 0 N–H and O–H groups in total.